The third-order valence-corrected chi connectivity index (χ3v) is 3.63. The van der Waals surface area contributed by atoms with Crippen molar-refractivity contribution in [2.24, 2.45) is 0 Å². The van der Waals surface area contributed by atoms with Crippen LogP contribution in [0, 0.1) is 0 Å². The van der Waals surface area contributed by atoms with Crippen molar-refractivity contribution in [3.8, 4) is 5.75 Å². The fourth-order valence-corrected chi connectivity index (χ4v) is 2.18. The fraction of sp³-hybridized carbons (Fsp3) is 0.500. The third kappa shape index (κ3) is 3.36. The second-order valence-corrected chi connectivity index (χ2v) is 5.22. The first-order valence-electron chi connectivity index (χ1n) is 6.78. The smallest absolute Gasteiger partial charge is 0.119 e. The highest BCUT2D eigenvalue weighted by molar-refractivity contribution is 5.66. The van der Waals surface area contributed by atoms with Crippen LogP contribution in [-0.4, -0.2) is 19.2 Å². The number of benzene rings is 1. The summed E-state index contributed by atoms with van der Waals surface area (Å²) in [6.07, 6.45) is 2.59. The average molecular weight is 245 g/mol. The van der Waals surface area contributed by atoms with Gasteiger partial charge in [0.1, 0.15) is 11.9 Å². The molecule has 0 radical (unpaired) electrons. The van der Waals surface area contributed by atoms with Gasteiger partial charge in [0.2, 0.25) is 0 Å². The van der Waals surface area contributed by atoms with Gasteiger partial charge in [-0.25, -0.2) is 0 Å². The van der Waals surface area contributed by atoms with Crippen molar-refractivity contribution in [3.05, 3.63) is 35.4 Å². The standard InChI is InChI=1S/C16H23NO/c1-12(2)13(3)14-4-6-15(7-5-14)18-16-8-10-17-11-9-16/h4-7,16-17H,8-11H2,1-3H3. The maximum atomic E-state index is 5.99. The van der Waals surface area contributed by atoms with Crippen molar-refractivity contribution in [3.63, 3.8) is 0 Å². The lowest BCUT2D eigenvalue weighted by Crippen LogP contribution is -2.34. The first-order valence-corrected chi connectivity index (χ1v) is 6.78. The number of hydrogen-bond donors (Lipinski definition) is 1. The summed E-state index contributed by atoms with van der Waals surface area (Å²) in [6.45, 7) is 8.60. The summed E-state index contributed by atoms with van der Waals surface area (Å²) in [7, 11) is 0. The van der Waals surface area contributed by atoms with E-state index in [1.54, 1.807) is 0 Å². The second-order valence-electron chi connectivity index (χ2n) is 5.22. The van der Waals surface area contributed by atoms with Gasteiger partial charge in [-0.3, -0.25) is 0 Å². The van der Waals surface area contributed by atoms with Crippen LogP contribution in [0.1, 0.15) is 39.2 Å². The van der Waals surface area contributed by atoms with Gasteiger partial charge >= 0.3 is 0 Å². The topological polar surface area (TPSA) is 21.3 Å². The fourth-order valence-electron chi connectivity index (χ4n) is 2.18. The highest BCUT2D eigenvalue weighted by Gasteiger charge is 2.14. The Morgan fingerprint density at radius 1 is 1.06 bits per heavy atom. The molecule has 18 heavy (non-hydrogen) atoms. The first kappa shape index (κ1) is 13.2. The minimum atomic E-state index is 0.377. The number of nitrogens with one attached hydrogen (secondary N) is 1. The summed E-state index contributed by atoms with van der Waals surface area (Å²) in [5.74, 6) is 0.993. The SMILES string of the molecule is CC(C)=C(C)c1ccc(OC2CCNCC2)cc1. The van der Waals surface area contributed by atoms with E-state index in [0.717, 1.165) is 31.7 Å². The highest BCUT2D eigenvalue weighted by atomic mass is 16.5. The quantitative estimate of drug-likeness (QED) is 0.878. The van der Waals surface area contributed by atoms with Crippen LogP contribution < -0.4 is 10.1 Å². The van der Waals surface area contributed by atoms with Crippen LogP contribution in [0.2, 0.25) is 0 Å². The van der Waals surface area contributed by atoms with E-state index in [4.69, 9.17) is 4.74 Å². The number of hydrogen-bond acceptors (Lipinski definition) is 2. The minimum Gasteiger partial charge on any atom is -0.490 e. The van der Waals surface area contributed by atoms with Crippen LogP contribution in [0.25, 0.3) is 5.57 Å². The molecule has 0 amide bonds. The number of piperidine rings is 1. The van der Waals surface area contributed by atoms with Gasteiger partial charge in [-0.2, -0.15) is 0 Å². The minimum absolute atomic E-state index is 0.377. The van der Waals surface area contributed by atoms with Gasteiger partial charge in [0.25, 0.3) is 0 Å². The summed E-state index contributed by atoms with van der Waals surface area (Å²) >= 11 is 0. The molecule has 1 aromatic carbocycles. The van der Waals surface area contributed by atoms with E-state index in [-0.39, 0.29) is 0 Å². The Balaban J connectivity index is 2.01. The van der Waals surface area contributed by atoms with E-state index >= 15 is 0 Å². The molecule has 0 saturated carbocycles. The molecule has 1 aliphatic heterocycles. The van der Waals surface area contributed by atoms with Crippen LogP contribution in [0.3, 0.4) is 0 Å². The molecule has 0 unspecified atom stereocenters. The van der Waals surface area contributed by atoms with Gasteiger partial charge in [-0.15, -0.1) is 0 Å². The van der Waals surface area contributed by atoms with Crippen molar-refractivity contribution in [2.45, 2.75) is 39.7 Å². The normalized spacial score (nSPS) is 16.4. The molecule has 1 N–H and O–H groups in total. The monoisotopic (exact) mass is 245 g/mol. The van der Waals surface area contributed by atoms with E-state index in [9.17, 15) is 0 Å². The first-order chi connectivity index (χ1) is 8.66. The molecular formula is C16H23NO. The van der Waals surface area contributed by atoms with Gasteiger partial charge in [0, 0.05) is 0 Å². The van der Waals surface area contributed by atoms with E-state index in [1.165, 1.54) is 16.7 Å². The van der Waals surface area contributed by atoms with Crippen LogP contribution >= 0.6 is 0 Å². The number of ether oxygens (including phenoxy) is 1. The Bertz CT molecular complexity index is 409. The molecule has 1 aliphatic rings. The zero-order valence-electron chi connectivity index (χ0n) is 11.6. The molecule has 0 aliphatic carbocycles. The van der Waals surface area contributed by atoms with Crippen molar-refractivity contribution in [1.82, 2.24) is 5.32 Å². The molecule has 0 spiro atoms. The molecule has 1 aromatic rings. The molecule has 98 valence electrons. The van der Waals surface area contributed by atoms with E-state index in [1.807, 2.05) is 0 Å². The molecule has 1 heterocycles. The van der Waals surface area contributed by atoms with Crippen molar-refractivity contribution in [2.75, 3.05) is 13.1 Å². The predicted octanol–water partition coefficient (Wildman–Crippen LogP) is 3.63. The van der Waals surface area contributed by atoms with Gasteiger partial charge in [-0.1, -0.05) is 17.7 Å². The Morgan fingerprint density at radius 2 is 1.67 bits per heavy atom. The number of rotatable bonds is 3. The Hall–Kier alpha value is -1.28. The summed E-state index contributed by atoms with van der Waals surface area (Å²) in [5, 5.41) is 3.35. The lowest BCUT2D eigenvalue weighted by Gasteiger charge is -2.23. The average Bonchev–Trinajstić information content (AvgIpc) is 2.40. The predicted molar refractivity (Wildman–Crippen MR) is 76.9 cm³/mol. The van der Waals surface area contributed by atoms with Crippen molar-refractivity contribution in [1.29, 1.82) is 0 Å². The van der Waals surface area contributed by atoms with Crippen LogP contribution in [0.5, 0.6) is 5.75 Å². The third-order valence-electron chi connectivity index (χ3n) is 3.63. The van der Waals surface area contributed by atoms with Gasteiger partial charge in [0.05, 0.1) is 0 Å². The van der Waals surface area contributed by atoms with Crippen LogP contribution in [0.15, 0.2) is 29.8 Å². The lowest BCUT2D eigenvalue weighted by atomic mass is 10.0. The zero-order chi connectivity index (χ0) is 13.0. The molecular weight excluding hydrogens is 222 g/mol. The van der Waals surface area contributed by atoms with E-state index in [2.05, 4.69) is 50.4 Å². The summed E-state index contributed by atoms with van der Waals surface area (Å²) < 4.78 is 5.99. The van der Waals surface area contributed by atoms with Gasteiger partial charge < -0.3 is 10.1 Å². The van der Waals surface area contributed by atoms with E-state index in [0.29, 0.717) is 6.10 Å². The Morgan fingerprint density at radius 3 is 2.22 bits per heavy atom. The Labute approximate surface area is 110 Å². The van der Waals surface area contributed by atoms with Crippen molar-refractivity contribution < 1.29 is 4.74 Å². The maximum absolute atomic E-state index is 5.99. The second kappa shape index (κ2) is 6.05. The van der Waals surface area contributed by atoms with Gasteiger partial charge in [0.15, 0.2) is 0 Å². The summed E-state index contributed by atoms with van der Waals surface area (Å²) in [6, 6.07) is 8.48. The summed E-state index contributed by atoms with van der Waals surface area (Å²) in [5.41, 5.74) is 4.00. The summed E-state index contributed by atoms with van der Waals surface area (Å²) in [4.78, 5) is 0. The highest BCUT2D eigenvalue weighted by Crippen LogP contribution is 2.22. The van der Waals surface area contributed by atoms with Crippen molar-refractivity contribution >= 4 is 5.57 Å². The Kier molecular flexibility index (Phi) is 4.43. The molecule has 0 atom stereocenters. The molecule has 0 aromatic heterocycles. The van der Waals surface area contributed by atoms with Crippen LogP contribution in [0.4, 0.5) is 0 Å². The molecule has 0 bridgehead atoms. The van der Waals surface area contributed by atoms with E-state index < -0.39 is 0 Å². The molecule has 2 rings (SSSR count). The molecule has 1 saturated heterocycles. The lowest BCUT2D eigenvalue weighted by molar-refractivity contribution is 0.162. The van der Waals surface area contributed by atoms with Gasteiger partial charge in [-0.05, 0) is 70.0 Å². The van der Waals surface area contributed by atoms with Crippen LogP contribution in [-0.2, 0) is 0 Å². The largest absolute Gasteiger partial charge is 0.490 e. The maximum Gasteiger partial charge on any atom is 0.119 e. The molecule has 2 nitrogen and oxygen atoms in total. The molecule has 1 fully saturated rings. The zero-order valence-corrected chi connectivity index (χ0v) is 11.6. The molecule has 2 heteroatoms. The number of allylic oxidation sites excluding steroid dienone is 2.